The predicted octanol–water partition coefficient (Wildman–Crippen LogP) is 2.74. The van der Waals surface area contributed by atoms with Crippen LogP contribution in [-0.2, 0) is 14.8 Å². The molecule has 158 valence electrons. The van der Waals surface area contributed by atoms with Crippen LogP contribution >= 0.6 is 0 Å². The van der Waals surface area contributed by atoms with Crippen molar-refractivity contribution in [3.8, 4) is 11.5 Å². The Morgan fingerprint density at radius 2 is 1.86 bits per heavy atom. The van der Waals surface area contributed by atoms with Gasteiger partial charge < -0.3 is 14.8 Å². The number of carbonyl (C=O) groups is 1. The van der Waals surface area contributed by atoms with Gasteiger partial charge >= 0.3 is 0 Å². The number of rotatable bonds is 10. The molecule has 0 bridgehead atoms. The van der Waals surface area contributed by atoms with Gasteiger partial charge in [0, 0.05) is 6.07 Å². The first kappa shape index (κ1) is 22.5. The summed E-state index contributed by atoms with van der Waals surface area (Å²) < 4.78 is 36.7. The average Bonchev–Trinajstić information content (AvgIpc) is 2.65. The molecule has 0 aliphatic carbocycles. The van der Waals surface area contributed by atoms with Crippen LogP contribution in [0.3, 0.4) is 0 Å². The van der Waals surface area contributed by atoms with Gasteiger partial charge in [0.2, 0.25) is 15.9 Å². The average molecular weight is 421 g/mol. The molecule has 0 fully saturated rings. The Kier molecular flexibility index (Phi) is 7.90. The molecule has 0 saturated heterocycles. The Labute approximate surface area is 172 Å². The molecule has 2 aromatic rings. The van der Waals surface area contributed by atoms with Crippen molar-refractivity contribution in [2.45, 2.75) is 26.8 Å². The number of sulfonamides is 1. The lowest BCUT2D eigenvalue weighted by Gasteiger charge is -2.23. The van der Waals surface area contributed by atoms with Gasteiger partial charge in [-0.05, 0) is 44.5 Å². The van der Waals surface area contributed by atoms with Gasteiger partial charge in [-0.15, -0.1) is 0 Å². The number of nitrogens with one attached hydrogen (secondary N) is 1. The van der Waals surface area contributed by atoms with Crippen LogP contribution in [0.1, 0.15) is 19.4 Å². The molecule has 1 amide bonds. The number of para-hydroxylation sites is 1. The second-order valence-corrected chi connectivity index (χ2v) is 8.65. The van der Waals surface area contributed by atoms with Crippen molar-refractivity contribution in [1.82, 2.24) is 5.32 Å². The van der Waals surface area contributed by atoms with Gasteiger partial charge in [0.15, 0.2) is 0 Å². The largest absolute Gasteiger partial charge is 0.494 e. The summed E-state index contributed by atoms with van der Waals surface area (Å²) >= 11 is 0. The first-order valence-corrected chi connectivity index (χ1v) is 11.2. The van der Waals surface area contributed by atoms with E-state index in [1.807, 2.05) is 38.1 Å². The molecule has 1 N–H and O–H groups in total. The van der Waals surface area contributed by atoms with E-state index >= 15 is 0 Å². The minimum atomic E-state index is -3.66. The Hall–Kier alpha value is -2.74. The van der Waals surface area contributed by atoms with E-state index in [0.717, 1.165) is 21.9 Å². The third-order valence-corrected chi connectivity index (χ3v) is 5.23. The van der Waals surface area contributed by atoms with E-state index in [9.17, 15) is 13.2 Å². The fourth-order valence-electron chi connectivity index (χ4n) is 2.72. The number of ether oxygens (including phenoxy) is 2. The van der Waals surface area contributed by atoms with Gasteiger partial charge in [-0.2, -0.15) is 0 Å². The Morgan fingerprint density at radius 3 is 2.52 bits per heavy atom. The molecule has 0 saturated carbocycles. The summed E-state index contributed by atoms with van der Waals surface area (Å²) in [6.07, 6.45) is 1.07. The lowest BCUT2D eigenvalue weighted by Crippen LogP contribution is -2.44. The zero-order valence-electron chi connectivity index (χ0n) is 17.2. The van der Waals surface area contributed by atoms with E-state index < -0.39 is 15.9 Å². The second kappa shape index (κ2) is 10.2. The maximum Gasteiger partial charge on any atom is 0.241 e. The molecular weight excluding hydrogens is 392 g/mol. The standard InChI is InChI=1S/C21H28N2O5S/c1-5-27-19-11-8-10-18(13-19)23(29(4,25)26)14-21(24)22-17(3)15-28-20-12-7-6-9-16(20)2/h6-13,17H,5,14-15H2,1-4H3,(H,22,24)/t17-/m1/s1. The summed E-state index contributed by atoms with van der Waals surface area (Å²) in [6, 6.07) is 14.0. The Bertz CT molecular complexity index is 930. The van der Waals surface area contributed by atoms with Crippen LogP contribution in [0, 0.1) is 6.92 Å². The second-order valence-electron chi connectivity index (χ2n) is 6.75. The first-order valence-electron chi connectivity index (χ1n) is 9.39. The normalized spacial score (nSPS) is 12.1. The van der Waals surface area contributed by atoms with Crippen molar-refractivity contribution < 1.29 is 22.7 Å². The molecule has 0 radical (unpaired) electrons. The van der Waals surface area contributed by atoms with Crippen molar-refractivity contribution >= 4 is 21.6 Å². The summed E-state index contributed by atoms with van der Waals surface area (Å²) in [4.78, 5) is 12.5. The van der Waals surface area contributed by atoms with Crippen molar-refractivity contribution in [2.75, 3.05) is 30.3 Å². The highest BCUT2D eigenvalue weighted by atomic mass is 32.2. The number of anilines is 1. The lowest BCUT2D eigenvalue weighted by molar-refractivity contribution is -0.120. The van der Waals surface area contributed by atoms with Crippen LogP contribution in [-0.4, -0.2) is 46.4 Å². The van der Waals surface area contributed by atoms with E-state index in [-0.39, 0.29) is 19.2 Å². The lowest BCUT2D eigenvalue weighted by atomic mass is 10.2. The van der Waals surface area contributed by atoms with E-state index in [0.29, 0.717) is 18.0 Å². The van der Waals surface area contributed by atoms with Crippen LogP contribution in [0.5, 0.6) is 11.5 Å². The number of carbonyl (C=O) groups excluding carboxylic acids is 1. The van der Waals surface area contributed by atoms with Crippen molar-refractivity contribution in [3.05, 3.63) is 54.1 Å². The summed E-state index contributed by atoms with van der Waals surface area (Å²) in [7, 11) is -3.66. The number of aryl methyl sites for hydroxylation is 1. The van der Waals surface area contributed by atoms with Crippen LogP contribution in [0.15, 0.2) is 48.5 Å². The van der Waals surface area contributed by atoms with Gasteiger partial charge in [0.05, 0.1) is 24.6 Å². The van der Waals surface area contributed by atoms with Crippen LogP contribution in [0.2, 0.25) is 0 Å². The molecule has 2 aromatic carbocycles. The summed E-state index contributed by atoms with van der Waals surface area (Å²) in [5, 5.41) is 2.78. The summed E-state index contributed by atoms with van der Waals surface area (Å²) in [5.74, 6) is 0.872. The molecule has 7 nitrogen and oxygen atoms in total. The van der Waals surface area contributed by atoms with Crippen molar-refractivity contribution in [3.63, 3.8) is 0 Å². The monoisotopic (exact) mass is 420 g/mol. The highest BCUT2D eigenvalue weighted by molar-refractivity contribution is 7.92. The maximum atomic E-state index is 12.5. The van der Waals surface area contributed by atoms with Gasteiger partial charge in [0.1, 0.15) is 24.7 Å². The Balaban J connectivity index is 2.01. The maximum absolute atomic E-state index is 12.5. The molecule has 0 aliphatic heterocycles. The molecule has 2 rings (SSSR count). The number of hydrogen-bond acceptors (Lipinski definition) is 5. The molecule has 0 heterocycles. The van der Waals surface area contributed by atoms with E-state index in [2.05, 4.69) is 5.32 Å². The number of hydrogen-bond donors (Lipinski definition) is 1. The van der Waals surface area contributed by atoms with E-state index in [1.54, 1.807) is 31.2 Å². The quantitative estimate of drug-likeness (QED) is 0.639. The zero-order chi connectivity index (χ0) is 21.4. The van der Waals surface area contributed by atoms with Gasteiger partial charge in [-0.25, -0.2) is 8.42 Å². The number of nitrogens with zero attached hydrogens (tertiary/aromatic N) is 1. The molecule has 1 atom stereocenters. The molecule has 8 heteroatoms. The van der Waals surface area contributed by atoms with Gasteiger partial charge in [-0.1, -0.05) is 24.3 Å². The topological polar surface area (TPSA) is 84.9 Å². The highest BCUT2D eigenvalue weighted by Gasteiger charge is 2.22. The summed E-state index contributed by atoms with van der Waals surface area (Å²) in [6.45, 7) is 5.99. The number of amides is 1. The van der Waals surface area contributed by atoms with Crippen molar-refractivity contribution in [2.24, 2.45) is 0 Å². The minimum absolute atomic E-state index is 0.273. The molecular formula is C21H28N2O5S. The van der Waals surface area contributed by atoms with Gasteiger partial charge in [-0.3, -0.25) is 9.10 Å². The fraction of sp³-hybridized carbons (Fsp3) is 0.381. The van der Waals surface area contributed by atoms with E-state index in [1.165, 1.54) is 0 Å². The fourth-order valence-corrected chi connectivity index (χ4v) is 3.57. The van der Waals surface area contributed by atoms with Gasteiger partial charge in [0.25, 0.3) is 0 Å². The van der Waals surface area contributed by atoms with Crippen LogP contribution in [0.25, 0.3) is 0 Å². The third-order valence-electron chi connectivity index (χ3n) is 4.09. The third kappa shape index (κ3) is 6.98. The van der Waals surface area contributed by atoms with Crippen LogP contribution in [0.4, 0.5) is 5.69 Å². The van der Waals surface area contributed by atoms with E-state index in [4.69, 9.17) is 9.47 Å². The molecule has 0 aromatic heterocycles. The first-order chi connectivity index (χ1) is 13.7. The van der Waals surface area contributed by atoms with Crippen molar-refractivity contribution in [1.29, 1.82) is 0 Å². The predicted molar refractivity (Wildman–Crippen MR) is 114 cm³/mol. The number of benzene rings is 2. The smallest absolute Gasteiger partial charge is 0.241 e. The molecule has 0 spiro atoms. The zero-order valence-corrected chi connectivity index (χ0v) is 18.0. The minimum Gasteiger partial charge on any atom is -0.494 e. The molecule has 29 heavy (non-hydrogen) atoms. The Morgan fingerprint density at radius 1 is 1.14 bits per heavy atom. The highest BCUT2D eigenvalue weighted by Crippen LogP contribution is 2.23. The molecule has 0 aliphatic rings. The molecule has 0 unspecified atom stereocenters. The SMILES string of the molecule is CCOc1cccc(N(CC(=O)N[C@H](C)COc2ccccc2C)S(C)(=O)=O)c1. The summed E-state index contributed by atoms with van der Waals surface area (Å²) in [5.41, 5.74) is 1.38. The van der Waals surface area contributed by atoms with Crippen LogP contribution < -0.4 is 19.1 Å².